The standard InChI is InChI=1S/C40H43N3O5Si/c1-27-38(49(3,4)32-20-18-31(47-2)19-21-32)36(24-25-44)48-40(27)33-12-8-9-13-35(33)42(39(40)46)26-28-14-16-30(17-15-28)43-37(45)23-22-34(41-43)29-10-6-5-7-11-29/h5-21,27,36,38,44H,22-26H2,1-4H3/t27-,36+,38-,40+/m1/s1. The second kappa shape index (κ2) is 13.0. The van der Waals surface area contributed by atoms with Gasteiger partial charge in [0.15, 0.2) is 5.60 Å². The molecule has 0 aliphatic carbocycles. The van der Waals surface area contributed by atoms with Gasteiger partial charge in [-0.05, 0) is 53.4 Å². The van der Waals surface area contributed by atoms with Crippen LogP contribution in [0.15, 0.2) is 108 Å². The average Bonchev–Trinajstić information content (AvgIpc) is 3.56. The lowest BCUT2D eigenvalue weighted by molar-refractivity contribution is -0.146. The van der Waals surface area contributed by atoms with Crippen molar-refractivity contribution in [2.24, 2.45) is 11.0 Å². The minimum absolute atomic E-state index is 0.0145. The van der Waals surface area contributed by atoms with E-state index in [4.69, 9.17) is 14.6 Å². The van der Waals surface area contributed by atoms with Crippen LogP contribution in [0.3, 0.4) is 0 Å². The summed E-state index contributed by atoms with van der Waals surface area (Å²) in [4.78, 5) is 29.6. The first-order chi connectivity index (χ1) is 23.7. The van der Waals surface area contributed by atoms with Crippen molar-refractivity contribution in [3.8, 4) is 5.75 Å². The van der Waals surface area contributed by atoms with Gasteiger partial charge in [0.2, 0.25) is 5.91 Å². The van der Waals surface area contributed by atoms with Gasteiger partial charge in [-0.1, -0.05) is 98.0 Å². The number of carbonyl (C=O) groups is 2. The highest BCUT2D eigenvalue weighted by atomic mass is 28.3. The molecule has 4 aromatic rings. The Hall–Kier alpha value is -4.57. The van der Waals surface area contributed by atoms with Gasteiger partial charge in [-0.15, -0.1) is 0 Å². The van der Waals surface area contributed by atoms with Crippen molar-refractivity contribution in [1.29, 1.82) is 0 Å². The topological polar surface area (TPSA) is 91.7 Å². The third kappa shape index (κ3) is 5.59. The molecule has 8 nitrogen and oxygen atoms in total. The van der Waals surface area contributed by atoms with Crippen molar-refractivity contribution in [3.05, 3.63) is 120 Å². The molecule has 3 aliphatic heterocycles. The summed E-state index contributed by atoms with van der Waals surface area (Å²) in [6.07, 6.45) is 1.19. The van der Waals surface area contributed by atoms with Crippen molar-refractivity contribution in [2.75, 3.05) is 23.6 Å². The van der Waals surface area contributed by atoms with Gasteiger partial charge < -0.3 is 19.5 Å². The number of anilines is 2. The van der Waals surface area contributed by atoms with Gasteiger partial charge in [0, 0.05) is 30.9 Å². The van der Waals surface area contributed by atoms with Crippen molar-refractivity contribution in [3.63, 3.8) is 0 Å². The van der Waals surface area contributed by atoms with Crippen LogP contribution in [0.25, 0.3) is 0 Å². The van der Waals surface area contributed by atoms with E-state index in [2.05, 4.69) is 32.2 Å². The number of ether oxygens (including phenoxy) is 2. The first kappa shape index (κ1) is 32.9. The summed E-state index contributed by atoms with van der Waals surface area (Å²) in [6.45, 7) is 7.18. The largest absolute Gasteiger partial charge is 0.497 e. The fraction of sp³-hybridized carbons (Fsp3) is 0.325. The Labute approximate surface area is 289 Å². The van der Waals surface area contributed by atoms with E-state index in [0.29, 0.717) is 31.5 Å². The van der Waals surface area contributed by atoms with Crippen LogP contribution in [-0.2, 0) is 26.5 Å². The van der Waals surface area contributed by atoms with Crippen molar-refractivity contribution >= 4 is 42.2 Å². The molecule has 9 heteroatoms. The van der Waals surface area contributed by atoms with E-state index in [1.54, 1.807) is 7.11 Å². The maximum atomic E-state index is 14.8. The van der Waals surface area contributed by atoms with Gasteiger partial charge >= 0.3 is 0 Å². The highest BCUT2D eigenvalue weighted by molar-refractivity contribution is 6.91. The summed E-state index contributed by atoms with van der Waals surface area (Å²) in [5.74, 6) is 0.566. The molecule has 0 radical (unpaired) electrons. The highest BCUT2D eigenvalue weighted by Gasteiger charge is 2.66. The van der Waals surface area contributed by atoms with Crippen LogP contribution in [0.1, 0.15) is 42.9 Å². The number of fused-ring (bicyclic) bond motifs is 2. The van der Waals surface area contributed by atoms with Crippen LogP contribution >= 0.6 is 0 Å². The van der Waals surface area contributed by atoms with Crippen molar-refractivity contribution in [2.45, 2.75) is 63.1 Å². The second-order valence-electron chi connectivity index (χ2n) is 13.9. The van der Waals surface area contributed by atoms with Gasteiger partial charge in [0.25, 0.3) is 5.91 Å². The number of hydrazone groups is 1. The lowest BCUT2D eigenvalue weighted by Crippen LogP contribution is -2.51. The molecule has 3 aliphatic rings. The molecule has 3 heterocycles. The Bertz CT molecular complexity index is 1880. The number of hydrogen-bond donors (Lipinski definition) is 1. The fourth-order valence-corrected chi connectivity index (χ4v) is 12.4. The van der Waals surface area contributed by atoms with Crippen molar-refractivity contribution in [1.82, 2.24) is 0 Å². The molecule has 2 amide bonds. The molecule has 0 bridgehead atoms. The molecular weight excluding hydrogens is 631 g/mol. The van der Waals surface area contributed by atoms with Gasteiger partial charge in [-0.3, -0.25) is 9.59 Å². The molecule has 0 unspecified atom stereocenters. The SMILES string of the molecule is COc1ccc([Si](C)(C)[C@H]2[C@H](CCO)O[C@@]3(C(=O)N(Cc4ccc(N5N=C(c6ccccc6)CCC5=O)cc4)c4ccccc43)[C@@H]2C)cc1. The monoisotopic (exact) mass is 673 g/mol. The Morgan fingerprint density at radius 3 is 2.31 bits per heavy atom. The summed E-state index contributed by atoms with van der Waals surface area (Å²) >= 11 is 0. The van der Waals surface area contributed by atoms with Gasteiger partial charge in [-0.25, -0.2) is 5.01 Å². The summed E-state index contributed by atoms with van der Waals surface area (Å²) in [7, 11) is -0.579. The third-order valence-electron chi connectivity index (χ3n) is 10.8. The van der Waals surface area contributed by atoms with Gasteiger partial charge in [-0.2, -0.15) is 5.10 Å². The average molecular weight is 674 g/mol. The minimum Gasteiger partial charge on any atom is -0.497 e. The number of para-hydroxylation sites is 1. The van der Waals surface area contributed by atoms with Gasteiger partial charge in [0.1, 0.15) is 5.75 Å². The number of benzene rings is 4. The molecule has 1 saturated heterocycles. The first-order valence-electron chi connectivity index (χ1n) is 17.1. The Kier molecular flexibility index (Phi) is 8.77. The summed E-state index contributed by atoms with van der Waals surface area (Å²) < 4.78 is 12.4. The molecule has 1 fully saturated rings. The third-order valence-corrected chi connectivity index (χ3v) is 15.2. The fourth-order valence-electron chi connectivity index (χ4n) is 8.34. The lowest BCUT2D eigenvalue weighted by Gasteiger charge is -2.37. The molecule has 4 atom stereocenters. The van der Waals surface area contributed by atoms with E-state index < -0.39 is 13.7 Å². The summed E-state index contributed by atoms with van der Waals surface area (Å²) in [6, 6.07) is 33.9. The summed E-state index contributed by atoms with van der Waals surface area (Å²) in [5.41, 5.74) is 4.18. The Morgan fingerprint density at radius 2 is 1.61 bits per heavy atom. The zero-order valence-corrected chi connectivity index (χ0v) is 29.5. The van der Waals surface area contributed by atoms with E-state index in [9.17, 15) is 14.7 Å². The summed E-state index contributed by atoms with van der Waals surface area (Å²) in [5, 5.41) is 17.6. The smallest absolute Gasteiger partial charge is 0.264 e. The Morgan fingerprint density at radius 1 is 0.918 bits per heavy atom. The van der Waals surface area contributed by atoms with Crippen molar-refractivity contribution < 1.29 is 24.2 Å². The predicted octanol–water partition coefficient (Wildman–Crippen LogP) is 6.37. The highest BCUT2D eigenvalue weighted by Crippen LogP contribution is 2.60. The van der Waals surface area contributed by atoms with E-state index in [1.807, 2.05) is 95.9 Å². The number of rotatable bonds is 9. The number of nitrogens with zero attached hydrogens (tertiary/aromatic N) is 3. The molecule has 252 valence electrons. The number of aliphatic hydroxyl groups is 1. The molecule has 1 N–H and O–H groups in total. The van der Waals surface area contributed by atoms with Crippen LogP contribution in [0.4, 0.5) is 11.4 Å². The van der Waals surface area contributed by atoms with Crippen LogP contribution in [0.2, 0.25) is 18.6 Å². The number of carbonyl (C=O) groups excluding carboxylic acids is 2. The van der Waals surface area contributed by atoms with Crippen LogP contribution in [0.5, 0.6) is 5.75 Å². The first-order valence-corrected chi connectivity index (χ1v) is 20.2. The minimum atomic E-state index is -2.25. The lowest BCUT2D eigenvalue weighted by atomic mass is 9.82. The molecule has 49 heavy (non-hydrogen) atoms. The van der Waals surface area contributed by atoms with E-state index in [0.717, 1.165) is 33.8 Å². The molecular formula is C40H43N3O5Si. The Balaban J connectivity index is 1.18. The zero-order chi connectivity index (χ0) is 34.3. The molecule has 7 rings (SSSR count). The maximum absolute atomic E-state index is 14.8. The molecule has 0 saturated carbocycles. The van der Waals surface area contributed by atoms with E-state index in [1.165, 1.54) is 10.2 Å². The van der Waals surface area contributed by atoms with Gasteiger partial charge in [0.05, 0.1) is 44.9 Å². The number of amides is 2. The van der Waals surface area contributed by atoms with Crippen LogP contribution in [-0.4, -0.2) is 50.5 Å². The quantitative estimate of drug-likeness (QED) is 0.209. The molecule has 1 spiro atoms. The van der Waals surface area contributed by atoms with Crippen LogP contribution < -0.4 is 19.8 Å². The normalized spacial score (nSPS) is 23.6. The zero-order valence-electron chi connectivity index (χ0n) is 28.5. The van der Waals surface area contributed by atoms with Crippen LogP contribution in [0, 0.1) is 5.92 Å². The predicted molar refractivity (Wildman–Crippen MR) is 195 cm³/mol. The maximum Gasteiger partial charge on any atom is 0.264 e. The molecule has 0 aromatic heterocycles. The molecule has 4 aromatic carbocycles. The second-order valence-corrected chi connectivity index (χ2v) is 18.5. The van der Waals surface area contributed by atoms with E-state index >= 15 is 0 Å². The van der Waals surface area contributed by atoms with E-state index in [-0.39, 0.29) is 36.0 Å². The number of aliphatic hydroxyl groups excluding tert-OH is 1. The number of methoxy groups -OCH3 is 1. The number of hydrogen-bond acceptors (Lipinski definition) is 6.